The second-order valence-electron chi connectivity index (χ2n) is 4.39. The molecule has 0 aliphatic rings. The average Bonchev–Trinajstić information content (AvgIpc) is 2.73. The first-order valence-electron chi connectivity index (χ1n) is 6.48. The summed E-state index contributed by atoms with van der Waals surface area (Å²) in [5.41, 5.74) is 1.09. The zero-order valence-corrected chi connectivity index (χ0v) is 11.0. The molecule has 0 aliphatic heterocycles. The van der Waals surface area contributed by atoms with Crippen LogP contribution in [-0.4, -0.2) is 17.0 Å². The fraction of sp³-hybridized carbons (Fsp3) is 0.400. The van der Waals surface area contributed by atoms with Gasteiger partial charge >= 0.3 is 0 Å². The lowest BCUT2D eigenvalue weighted by Gasteiger charge is -2.06. The van der Waals surface area contributed by atoms with E-state index in [9.17, 15) is 4.79 Å². The molecule has 18 heavy (non-hydrogen) atoms. The first kappa shape index (κ1) is 12.7. The topological polar surface area (TPSA) is 31.2 Å². The van der Waals surface area contributed by atoms with Crippen LogP contribution in [0.4, 0.5) is 0 Å². The zero-order chi connectivity index (χ0) is 13.0. The lowest BCUT2D eigenvalue weighted by atomic mass is 10.2. The summed E-state index contributed by atoms with van der Waals surface area (Å²) in [7, 11) is 0. The van der Waals surface area contributed by atoms with Crippen LogP contribution in [-0.2, 0) is 11.3 Å². The van der Waals surface area contributed by atoms with Gasteiger partial charge in [-0.3, -0.25) is 4.79 Å². The molecule has 96 valence electrons. The molecule has 2 aromatic rings. The second-order valence-corrected chi connectivity index (χ2v) is 4.39. The normalized spacial score (nSPS) is 10.8. The van der Waals surface area contributed by atoms with E-state index >= 15 is 0 Å². The van der Waals surface area contributed by atoms with Gasteiger partial charge in [0.25, 0.3) is 0 Å². The van der Waals surface area contributed by atoms with Crippen molar-refractivity contribution in [1.82, 2.24) is 4.57 Å². The molecule has 0 amide bonds. The van der Waals surface area contributed by atoms with Gasteiger partial charge in [-0.2, -0.15) is 0 Å². The fourth-order valence-electron chi connectivity index (χ4n) is 2.12. The molecule has 0 bridgehead atoms. The summed E-state index contributed by atoms with van der Waals surface area (Å²) in [6, 6.07) is 8.00. The van der Waals surface area contributed by atoms with E-state index in [0.717, 1.165) is 23.1 Å². The van der Waals surface area contributed by atoms with Crippen molar-refractivity contribution in [2.24, 2.45) is 0 Å². The van der Waals surface area contributed by atoms with Gasteiger partial charge in [-0.25, -0.2) is 0 Å². The highest BCUT2D eigenvalue weighted by atomic mass is 16.5. The minimum atomic E-state index is 0.281. The van der Waals surface area contributed by atoms with E-state index in [2.05, 4.69) is 0 Å². The molecule has 1 aromatic carbocycles. The zero-order valence-electron chi connectivity index (χ0n) is 11.0. The lowest BCUT2D eigenvalue weighted by Crippen LogP contribution is -2.08. The Hall–Kier alpha value is -1.77. The molecule has 0 unspecified atom stereocenters. The summed E-state index contributed by atoms with van der Waals surface area (Å²) in [6.45, 7) is 5.13. The van der Waals surface area contributed by atoms with E-state index in [1.807, 2.05) is 48.9 Å². The summed E-state index contributed by atoms with van der Waals surface area (Å²) in [6.07, 6.45) is 3.52. The number of fused-ring (bicyclic) bond motifs is 1. The molecule has 0 aliphatic carbocycles. The van der Waals surface area contributed by atoms with Crippen molar-refractivity contribution >= 4 is 16.7 Å². The van der Waals surface area contributed by atoms with Gasteiger partial charge in [0.15, 0.2) is 5.78 Å². The Kier molecular flexibility index (Phi) is 4.03. The number of aromatic nitrogens is 1. The molecule has 3 nitrogen and oxygen atoms in total. The highest BCUT2D eigenvalue weighted by Gasteiger charge is 2.06. The summed E-state index contributed by atoms with van der Waals surface area (Å²) < 4.78 is 7.47. The van der Waals surface area contributed by atoms with Gasteiger partial charge in [-0.05, 0) is 37.6 Å². The fourth-order valence-corrected chi connectivity index (χ4v) is 2.12. The van der Waals surface area contributed by atoms with E-state index in [-0.39, 0.29) is 5.78 Å². The molecule has 3 heteroatoms. The lowest BCUT2D eigenvalue weighted by molar-refractivity contribution is -0.119. The third-order valence-electron chi connectivity index (χ3n) is 2.93. The van der Waals surface area contributed by atoms with Crippen LogP contribution in [0, 0.1) is 0 Å². The maximum Gasteiger partial charge on any atom is 0.152 e. The molecule has 0 atom stereocenters. The van der Waals surface area contributed by atoms with E-state index in [1.165, 1.54) is 0 Å². The Labute approximate surface area is 107 Å². The molecule has 2 rings (SSSR count). The maximum atomic E-state index is 11.7. The van der Waals surface area contributed by atoms with Crippen molar-refractivity contribution < 1.29 is 9.53 Å². The molecule has 0 spiro atoms. The standard InChI is InChI=1S/C15H19NO2/c1-3-5-13(17)11-16-9-8-12-10-14(18-4-2)6-7-15(12)16/h6-10H,3-5,11H2,1-2H3. The van der Waals surface area contributed by atoms with Crippen molar-refractivity contribution in [3.8, 4) is 5.75 Å². The smallest absolute Gasteiger partial charge is 0.152 e. The van der Waals surface area contributed by atoms with Crippen LogP contribution in [0.1, 0.15) is 26.7 Å². The molecule has 0 radical (unpaired) electrons. The SMILES string of the molecule is CCCC(=O)Cn1ccc2cc(OCC)ccc21. The average molecular weight is 245 g/mol. The molecule has 0 saturated carbocycles. The molecule has 1 aromatic heterocycles. The largest absolute Gasteiger partial charge is 0.494 e. The van der Waals surface area contributed by atoms with Crippen molar-refractivity contribution in [2.75, 3.05) is 6.61 Å². The van der Waals surface area contributed by atoms with Gasteiger partial charge in [-0.15, -0.1) is 0 Å². The monoisotopic (exact) mass is 245 g/mol. The Morgan fingerprint density at radius 3 is 2.83 bits per heavy atom. The van der Waals surface area contributed by atoms with Gasteiger partial charge in [-0.1, -0.05) is 6.92 Å². The number of carbonyl (C=O) groups excluding carboxylic acids is 1. The maximum absolute atomic E-state index is 11.7. The third kappa shape index (κ3) is 2.73. The highest BCUT2D eigenvalue weighted by molar-refractivity contribution is 5.85. The van der Waals surface area contributed by atoms with Crippen LogP contribution in [0.2, 0.25) is 0 Å². The number of benzene rings is 1. The van der Waals surface area contributed by atoms with E-state index < -0.39 is 0 Å². The van der Waals surface area contributed by atoms with E-state index in [4.69, 9.17) is 4.74 Å². The summed E-state index contributed by atoms with van der Waals surface area (Å²) in [5.74, 6) is 1.16. The summed E-state index contributed by atoms with van der Waals surface area (Å²) >= 11 is 0. The molecule has 0 fully saturated rings. The Morgan fingerprint density at radius 1 is 1.28 bits per heavy atom. The van der Waals surface area contributed by atoms with Crippen molar-refractivity contribution in [3.63, 3.8) is 0 Å². The number of ketones is 1. The van der Waals surface area contributed by atoms with Crippen LogP contribution >= 0.6 is 0 Å². The number of ether oxygens (including phenoxy) is 1. The van der Waals surface area contributed by atoms with Crippen LogP contribution < -0.4 is 4.74 Å². The molecular formula is C15H19NO2. The first-order chi connectivity index (χ1) is 8.74. The molecule has 1 heterocycles. The number of hydrogen-bond acceptors (Lipinski definition) is 2. The Morgan fingerprint density at radius 2 is 2.11 bits per heavy atom. The van der Waals surface area contributed by atoms with E-state index in [1.54, 1.807) is 0 Å². The summed E-state index contributed by atoms with van der Waals surface area (Å²) in [5, 5.41) is 1.12. The predicted molar refractivity (Wildman–Crippen MR) is 73.0 cm³/mol. The molecule has 0 saturated heterocycles. The molecule has 0 N–H and O–H groups in total. The van der Waals surface area contributed by atoms with Crippen molar-refractivity contribution in [3.05, 3.63) is 30.5 Å². The van der Waals surface area contributed by atoms with E-state index in [0.29, 0.717) is 19.6 Å². The van der Waals surface area contributed by atoms with Crippen molar-refractivity contribution in [1.29, 1.82) is 0 Å². The Balaban J connectivity index is 2.23. The van der Waals surface area contributed by atoms with Crippen LogP contribution in [0.5, 0.6) is 5.75 Å². The number of rotatable bonds is 6. The highest BCUT2D eigenvalue weighted by Crippen LogP contribution is 2.22. The van der Waals surface area contributed by atoms with Gasteiger partial charge in [0.1, 0.15) is 5.75 Å². The van der Waals surface area contributed by atoms with Crippen LogP contribution in [0.15, 0.2) is 30.5 Å². The minimum Gasteiger partial charge on any atom is -0.494 e. The predicted octanol–water partition coefficient (Wildman–Crippen LogP) is 3.41. The minimum absolute atomic E-state index is 0.281. The number of carbonyl (C=O) groups is 1. The van der Waals surface area contributed by atoms with Gasteiger partial charge < -0.3 is 9.30 Å². The quantitative estimate of drug-likeness (QED) is 0.781. The van der Waals surface area contributed by atoms with Gasteiger partial charge in [0.2, 0.25) is 0 Å². The first-order valence-corrected chi connectivity index (χ1v) is 6.48. The number of hydrogen-bond donors (Lipinski definition) is 0. The molecular weight excluding hydrogens is 226 g/mol. The van der Waals surface area contributed by atoms with Gasteiger partial charge in [0.05, 0.1) is 13.2 Å². The Bertz CT molecular complexity index is 542. The van der Waals surface area contributed by atoms with Crippen molar-refractivity contribution in [2.45, 2.75) is 33.2 Å². The van der Waals surface area contributed by atoms with Crippen LogP contribution in [0.3, 0.4) is 0 Å². The third-order valence-corrected chi connectivity index (χ3v) is 2.93. The number of nitrogens with zero attached hydrogens (tertiary/aromatic N) is 1. The number of Topliss-reactive ketones (excluding diaryl/α,β-unsaturated/α-hetero) is 1. The van der Waals surface area contributed by atoms with Crippen LogP contribution in [0.25, 0.3) is 10.9 Å². The van der Waals surface area contributed by atoms with Gasteiger partial charge in [0, 0.05) is 23.5 Å². The summed E-state index contributed by atoms with van der Waals surface area (Å²) in [4.78, 5) is 11.7. The second kappa shape index (κ2) is 5.71.